The van der Waals surface area contributed by atoms with Gasteiger partial charge in [0.15, 0.2) is 0 Å². The SMILES string of the molecule is O=C(CNC(=O)c1ccc(C2=NO[C@](c3cc(C(F)(F)F)cc(Cl)c3F)(C(F)(F)F)C2)c2ccccc12)NC(F)C(F)F. The van der Waals surface area contributed by atoms with Gasteiger partial charge in [-0.05, 0) is 29.0 Å². The number of rotatable bonds is 7. The third-order valence-electron chi connectivity index (χ3n) is 6.39. The first kappa shape index (κ1) is 31.8. The number of alkyl halides is 9. The lowest BCUT2D eigenvalue weighted by Gasteiger charge is -2.30. The fraction of sp³-hybridized carbons (Fsp3) is 0.269. The molecule has 0 aromatic heterocycles. The summed E-state index contributed by atoms with van der Waals surface area (Å²) in [5.74, 6) is -4.01. The zero-order valence-electron chi connectivity index (χ0n) is 21.0. The molecule has 0 saturated carbocycles. The van der Waals surface area contributed by atoms with Crippen LogP contribution in [0.15, 0.2) is 53.7 Å². The topological polar surface area (TPSA) is 79.8 Å². The van der Waals surface area contributed by atoms with Crippen molar-refractivity contribution in [1.82, 2.24) is 10.6 Å². The van der Waals surface area contributed by atoms with Crippen molar-refractivity contribution in [2.75, 3.05) is 6.54 Å². The maximum atomic E-state index is 14.9. The Morgan fingerprint density at radius 3 is 2.26 bits per heavy atom. The van der Waals surface area contributed by atoms with Gasteiger partial charge in [0, 0.05) is 16.7 Å². The summed E-state index contributed by atoms with van der Waals surface area (Å²) in [6.07, 6.45) is -18.4. The van der Waals surface area contributed by atoms with E-state index in [1.54, 1.807) is 0 Å². The van der Waals surface area contributed by atoms with Crippen LogP contribution in [-0.2, 0) is 21.4 Å². The van der Waals surface area contributed by atoms with Crippen LogP contribution in [0.3, 0.4) is 0 Å². The van der Waals surface area contributed by atoms with E-state index in [0.29, 0.717) is 0 Å². The van der Waals surface area contributed by atoms with Crippen molar-refractivity contribution >= 4 is 39.9 Å². The summed E-state index contributed by atoms with van der Waals surface area (Å²) in [4.78, 5) is 29.1. The molecule has 3 aromatic carbocycles. The summed E-state index contributed by atoms with van der Waals surface area (Å²) in [6.45, 7) is -0.901. The summed E-state index contributed by atoms with van der Waals surface area (Å²) in [7, 11) is 0. The van der Waals surface area contributed by atoms with Crippen LogP contribution in [0.1, 0.15) is 33.5 Å². The van der Waals surface area contributed by atoms with Crippen molar-refractivity contribution in [3.63, 3.8) is 0 Å². The summed E-state index contributed by atoms with van der Waals surface area (Å²) in [5.41, 5.74) is -7.57. The van der Waals surface area contributed by atoms with Gasteiger partial charge in [-0.15, -0.1) is 0 Å². The number of carbonyl (C=O) groups excluding carboxylic acids is 2. The fourth-order valence-corrected chi connectivity index (χ4v) is 4.57. The molecule has 17 heteroatoms. The van der Waals surface area contributed by atoms with Crippen LogP contribution in [0, 0.1) is 5.82 Å². The summed E-state index contributed by atoms with van der Waals surface area (Å²) in [5, 5.41) is 5.84. The number of nitrogens with zero attached hydrogens (tertiary/aromatic N) is 1. The van der Waals surface area contributed by atoms with E-state index in [4.69, 9.17) is 16.4 Å². The molecule has 2 amide bonds. The van der Waals surface area contributed by atoms with E-state index in [1.165, 1.54) is 29.6 Å². The Labute approximate surface area is 239 Å². The van der Waals surface area contributed by atoms with Crippen LogP contribution in [0.2, 0.25) is 5.02 Å². The lowest BCUT2D eigenvalue weighted by molar-refractivity contribution is -0.276. The van der Waals surface area contributed by atoms with Gasteiger partial charge in [0.2, 0.25) is 12.2 Å². The molecule has 43 heavy (non-hydrogen) atoms. The zero-order chi connectivity index (χ0) is 31.9. The first-order valence-corrected chi connectivity index (χ1v) is 12.2. The Balaban J connectivity index is 1.69. The predicted molar refractivity (Wildman–Crippen MR) is 132 cm³/mol. The molecule has 230 valence electrons. The normalized spacial score (nSPS) is 17.9. The second kappa shape index (κ2) is 11.5. The highest BCUT2D eigenvalue weighted by Gasteiger charge is 2.64. The van der Waals surface area contributed by atoms with Crippen molar-refractivity contribution in [3.8, 4) is 0 Å². The van der Waals surface area contributed by atoms with Crippen LogP contribution in [0.5, 0.6) is 0 Å². The Bertz CT molecular complexity index is 1610. The fourth-order valence-electron chi connectivity index (χ4n) is 4.35. The number of amides is 2. The highest BCUT2D eigenvalue weighted by molar-refractivity contribution is 6.31. The van der Waals surface area contributed by atoms with Gasteiger partial charge in [-0.3, -0.25) is 9.59 Å². The number of fused-ring (bicyclic) bond motifs is 1. The molecule has 0 aliphatic carbocycles. The van der Waals surface area contributed by atoms with Crippen molar-refractivity contribution in [1.29, 1.82) is 0 Å². The van der Waals surface area contributed by atoms with Gasteiger partial charge in [0.1, 0.15) is 5.82 Å². The van der Waals surface area contributed by atoms with E-state index in [-0.39, 0.29) is 34.0 Å². The minimum atomic E-state index is -5.49. The maximum Gasteiger partial charge on any atom is 0.435 e. The molecule has 0 saturated heterocycles. The van der Waals surface area contributed by atoms with Gasteiger partial charge < -0.3 is 15.5 Å². The minimum Gasteiger partial charge on any atom is -0.374 e. The van der Waals surface area contributed by atoms with E-state index in [0.717, 1.165) is 12.1 Å². The molecule has 2 N–H and O–H groups in total. The van der Waals surface area contributed by atoms with E-state index >= 15 is 0 Å². The molecule has 4 rings (SSSR count). The molecule has 1 unspecified atom stereocenters. The first-order valence-electron chi connectivity index (χ1n) is 11.9. The van der Waals surface area contributed by atoms with Crippen LogP contribution in [0.4, 0.5) is 43.9 Å². The second-order valence-electron chi connectivity index (χ2n) is 9.14. The van der Waals surface area contributed by atoms with Crippen molar-refractivity contribution in [2.45, 2.75) is 37.1 Å². The first-order chi connectivity index (χ1) is 20.0. The molecule has 1 aliphatic rings. The highest BCUT2D eigenvalue weighted by atomic mass is 35.5. The molecule has 1 heterocycles. The van der Waals surface area contributed by atoms with Crippen LogP contribution >= 0.6 is 11.6 Å². The van der Waals surface area contributed by atoms with Gasteiger partial charge in [-0.25, -0.2) is 17.6 Å². The lowest BCUT2D eigenvalue weighted by Crippen LogP contribution is -2.43. The number of halogens is 11. The standard InChI is InChI=1S/C26H16ClF10N3O3/c27-17-8-11(25(32,33)34)7-16(20(17)28)24(26(35,36)37)9-18(40-43-24)14-5-6-15(13-4-2-1-3-12(13)14)23(42)38-10-19(41)39-22(31)21(29)30/h1-8,21-22H,9-10H2,(H,38,42)(H,39,41)/t22?,24-/m1/s1. The van der Waals surface area contributed by atoms with Gasteiger partial charge in [-0.2, -0.15) is 26.3 Å². The van der Waals surface area contributed by atoms with Crippen molar-refractivity contribution in [2.24, 2.45) is 5.16 Å². The molecule has 2 atom stereocenters. The minimum absolute atomic E-state index is 0.0543. The largest absolute Gasteiger partial charge is 0.435 e. The third kappa shape index (κ3) is 6.19. The number of carbonyl (C=O) groups is 2. The average Bonchev–Trinajstić information content (AvgIpc) is 3.38. The summed E-state index contributed by atoms with van der Waals surface area (Å²) >= 11 is 5.53. The number of oxime groups is 1. The molecule has 0 spiro atoms. The number of hydrogen-bond acceptors (Lipinski definition) is 4. The Morgan fingerprint density at radius 2 is 1.65 bits per heavy atom. The van der Waals surface area contributed by atoms with E-state index in [2.05, 4.69) is 10.5 Å². The smallest absolute Gasteiger partial charge is 0.374 e. The second-order valence-corrected chi connectivity index (χ2v) is 9.55. The summed E-state index contributed by atoms with van der Waals surface area (Å²) < 4.78 is 136. The monoisotopic (exact) mass is 643 g/mol. The molecule has 6 nitrogen and oxygen atoms in total. The number of hydrogen-bond donors (Lipinski definition) is 2. The molecule has 0 radical (unpaired) electrons. The molecule has 0 fully saturated rings. The van der Waals surface area contributed by atoms with Crippen LogP contribution < -0.4 is 10.6 Å². The van der Waals surface area contributed by atoms with E-state index in [9.17, 15) is 53.5 Å². The van der Waals surface area contributed by atoms with Crippen LogP contribution in [-0.4, -0.2) is 43.0 Å². The Morgan fingerprint density at radius 1 is 1.00 bits per heavy atom. The van der Waals surface area contributed by atoms with Crippen molar-refractivity contribution < 1.29 is 58.3 Å². The molecular formula is C26H16ClF10N3O3. The van der Waals surface area contributed by atoms with E-state index < -0.39 is 83.1 Å². The zero-order valence-corrected chi connectivity index (χ0v) is 21.8. The Kier molecular flexibility index (Phi) is 8.55. The van der Waals surface area contributed by atoms with Crippen molar-refractivity contribution in [3.05, 3.63) is 81.6 Å². The lowest BCUT2D eigenvalue weighted by atomic mass is 9.84. The molecular weight excluding hydrogens is 628 g/mol. The van der Waals surface area contributed by atoms with Gasteiger partial charge in [-0.1, -0.05) is 47.1 Å². The predicted octanol–water partition coefficient (Wildman–Crippen LogP) is 6.64. The highest BCUT2D eigenvalue weighted by Crippen LogP contribution is 2.51. The third-order valence-corrected chi connectivity index (χ3v) is 6.66. The average molecular weight is 644 g/mol. The molecule has 0 bridgehead atoms. The van der Waals surface area contributed by atoms with Gasteiger partial charge in [0.05, 0.1) is 29.3 Å². The van der Waals surface area contributed by atoms with Gasteiger partial charge >= 0.3 is 12.4 Å². The molecule has 1 aliphatic heterocycles. The van der Waals surface area contributed by atoms with Crippen LogP contribution in [0.25, 0.3) is 10.8 Å². The molecule has 3 aromatic rings. The number of nitrogens with one attached hydrogen (secondary N) is 2. The maximum absolute atomic E-state index is 14.9. The Hall–Kier alpha value is -4.08. The summed E-state index contributed by atoms with van der Waals surface area (Å²) in [6, 6.07) is 7.93. The number of benzene rings is 3. The van der Waals surface area contributed by atoms with Gasteiger partial charge in [0.25, 0.3) is 17.9 Å². The quantitative estimate of drug-likeness (QED) is 0.224. The van der Waals surface area contributed by atoms with E-state index in [1.807, 2.05) is 0 Å².